The molecule has 0 saturated carbocycles. The molecule has 2 rings (SSSR count). The van der Waals surface area contributed by atoms with Crippen molar-refractivity contribution < 1.29 is 4.74 Å². The Morgan fingerprint density at radius 1 is 1.30 bits per heavy atom. The number of nitrogens with zero attached hydrogens (tertiary/aromatic N) is 2. The van der Waals surface area contributed by atoms with Crippen molar-refractivity contribution in [1.82, 2.24) is 9.78 Å². The van der Waals surface area contributed by atoms with Crippen molar-refractivity contribution in [2.45, 2.75) is 26.8 Å². The van der Waals surface area contributed by atoms with Crippen LogP contribution in [-0.4, -0.2) is 16.4 Å². The zero-order valence-electron chi connectivity index (χ0n) is 12.6. The third kappa shape index (κ3) is 4.02. The topological polar surface area (TPSA) is 39.1 Å². The van der Waals surface area contributed by atoms with Gasteiger partial charge in [0.25, 0.3) is 0 Å². The highest BCUT2D eigenvalue weighted by Crippen LogP contribution is 2.22. The molecule has 4 nitrogen and oxygen atoms in total. The van der Waals surface area contributed by atoms with Crippen LogP contribution in [0.3, 0.4) is 0 Å². The molecule has 0 spiro atoms. The minimum absolute atomic E-state index is 0.212. The van der Waals surface area contributed by atoms with Gasteiger partial charge in [-0.3, -0.25) is 4.68 Å². The maximum absolute atomic E-state index is 5.74. The number of nitrogens with one attached hydrogen (secondary N) is 1. The van der Waals surface area contributed by atoms with Crippen LogP contribution < -0.4 is 10.1 Å². The van der Waals surface area contributed by atoms with Crippen LogP contribution in [0, 0.1) is 5.92 Å². The molecule has 0 aliphatic rings. The summed E-state index contributed by atoms with van der Waals surface area (Å²) in [5, 5.41) is 7.66. The third-order valence-electron chi connectivity index (χ3n) is 3.03. The Kier molecular flexibility index (Phi) is 4.66. The van der Waals surface area contributed by atoms with Crippen molar-refractivity contribution in [1.29, 1.82) is 0 Å². The second kappa shape index (κ2) is 6.46. The first-order valence-electron chi connectivity index (χ1n) is 7.02. The monoisotopic (exact) mass is 273 g/mol. The van der Waals surface area contributed by atoms with Crippen molar-refractivity contribution in [2.75, 3.05) is 11.9 Å². The predicted octanol–water partition coefficient (Wildman–Crippen LogP) is 3.63. The van der Waals surface area contributed by atoms with E-state index >= 15 is 0 Å². The maximum Gasteiger partial charge on any atom is 0.121 e. The average Bonchev–Trinajstić information content (AvgIpc) is 2.84. The first kappa shape index (κ1) is 14.4. The predicted molar refractivity (Wildman–Crippen MR) is 82.0 cm³/mol. The second-order valence-electron chi connectivity index (χ2n) is 5.55. The van der Waals surface area contributed by atoms with E-state index in [0.29, 0.717) is 5.92 Å². The number of anilines is 1. The number of aryl methyl sites for hydroxylation is 1. The van der Waals surface area contributed by atoms with E-state index in [0.717, 1.165) is 18.0 Å². The minimum atomic E-state index is 0.212. The summed E-state index contributed by atoms with van der Waals surface area (Å²) in [5.74, 6) is 1.43. The van der Waals surface area contributed by atoms with Crippen molar-refractivity contribution in [2.24, 2.45) is 13.0 Å². The molecule has 1 aromatic carbocycles. The van der Waals surface area contributed by atoms with Gasteiger partial charge in [-0.2, -0.15) is 5.10 Å². The minimum Gasteiger partial charge on any atom is -0.493 e. The SMILES string of the molecule is CC(C)COc1cccc(NC(C)c2cnn(C)c2)c1. The van der Waals surface area contributed by atoms with Crippen LogP contribution in [0.4, 0.5) is 5.69 Å². The average molecular weight is 273 g/mol. The van der Waals surface area contributed by atoms with Gasteiger partial charge in [0.05, 0.1) is 18.8 Å². The summed E-state index contributed by atoms with van der Waals surface area (Å²) in [6.45, 7) is 7.15. The largest absolute Gasteiger partial charge is 0.493 e. The van der Waals surface area contributed by atoms with Crippen LogP contribution in [0.2, 0.25) is 0 Å². The summed E-state index contributed by atoms with van der Waals surface area (Å²) < 4.78 is 7.56. The van der Waals surface area contributed by atoms with Gasteiger partial charge in [-0.1, -0.05) is 19.9 Å². The highest BCUT2D eigenvalue weighted by atomic mass is 16.5. The molecule has 1 heterocycles. The Morgan fingerprint density at radius 3 is 2.75 bits per heavy atom. The quantitative estimate of drug-likeness (QED) is 0.873. The van der Waals surface area contributed by atoms with Gasteiger partial charge in [0.15, 0.2) is 0 Å². The number of hydrogen-bond acceptors (Lipinski definition) is 3. The molecule has 1 unspecified atom stereocenters. The number of ether oxygens (including phenoxy) is 1. The van der Waals surface area contributed by atoms with Gasteiger partial charge in [-0.15, -0.1) is 0 Å². The Balaban J connectivity index is 2.00. The zero-order chi connectivity index (χ0) is 14.5. The van der Waals surface area contributed by atoms with Gasteiger partial charge >= 0.3 is 0 Å². The summed E-state index contributed by atoms with van der Waals surface area (Å²) >= 11 is 0. The van der Waals surface area contributed by atoms with Crippen LogP contribution in [0.5, 0.6) is 5.75 Å². The van der Waals surface area contributed by atoms with Crippen molar-refractivity contribution >= 4 is 5.69 Å². The molecule has 20 heavy (non-hydrogen) atoms. The summed E-state index contributed by atoms with van der Waals surface area (Å²) in [4.78, 5) is 0. The Bertz CT molecular complexity index is 548. The van der Waals surface area contributed by atoms with Crippen LogP contribution in [0.1, 0.15) is 32.4 Å². The van der Waals surface area contributed by atoms with Crippen LogP contribution in [0.25, 0.3) is 0 Å². The standard InChI is InChI=1S/C16H23N3O/c1-12(2)11-20-16-7-5-6-15(8-16)18-13(3)14-9-17-19(4)10-14/h5-10,12-13,18H,11H2,1-4H3. The van der Waals surface area contributed by atoms with Gasteiger partial charge in [-0.05, 0) is 25.0 Å². The normalized spacial score (nSPS) is 12.4. The fraction of sp³-hybridized carbons (Fsp3) is 0.438. The molecule has 0 aliphatic carbocycles. The molecule has 1 N–H and O–H groups in total. The molecule has 108 valence electrons. The Morgan fingerprint density at radius 2 is 2.10 bits per heavy atom. The number of hydrogen-bond donors (Lipinski definition) is 1. The number of rotatable bonds is 6. The van der Waals surface area contributed by atoms with Crippen LogP contribution in [-0.2, 0) is 7.05 Å². The highest BCUT2D eigenvalue weighted by Gasteiger charge is 2.08. The van der Waals surface area contributed by atoms with Gasteiger partial charge in [0.1, 0.15) is 5.75 Å². The van der Waals surface area contributed by atoms with Gasteiger partial charge in [0.2, 0.25) is 0 Å². The van der Waals surface area contributed by atoms with E-state index in [1.54, 1.807) is 0 Å². The first-order valence-corrected chi connectivity index (χ1v) is 7.02. The lowest BCUT2D eigenvalue weighted by Crippen LogP contribution is -2.07. The van der Waals surface area contributed by atoms with Gasteiger partial charge < -0.3 is 10.1 Å². The molecule has 1 aromatic heterocycles. The lowest BCUT2D eigenvalue weighted by atomic mass is 10.2. The van der Waals surface area contributed by atoms with Crippen molar-refractivity contribution in [3.63, 3.8) is 0 Å². The summed E-state index contributed by atoms with van der Waals surface area (Å²) in [7, 11) is 1.93. The van der Waals surface area contributed by atoms with Crippen LogP contribution in [0.15, 0.2) is 36.7 Å². The Hall–Kier alpha value is -1.97. The van der Waals surface area contributed by atoms with E-state index in [4.69, 9.17) is 4.74 Å². The summed E-state index contributed by atoms with van der Waals surface area (Å²) in [6, 6.07) is 8.30. The third-order valence-corrected chi connectivity index (χ3v) is 3.03. The molecule has 1 atom stereocenters. The lowest BCUT2D eigenvalue weighted by Gasteiger charge is -2.15. The Labute approximate surface area is 120 Å². The molecule has 4 heteroatoms. The number of aromatic nitrogens is 2. The molecule has 0 fully saturated rings. The highest BCUT2D eigenvalue weighted by molar-refractivity contribution is 5.49. The van der Waals surface area contributed by atoms with E-state index in [-0.39, 0.29) is 6.04 Å². The molecule has 0 bridgehead atoms. The van der Waals surface area contributed by atoms with E-state index in [1.165, 1.54) is 5.56 Å². The number of benzene rings is 1. The first-order chi connectivity index (χ1) is 9.54. The van der Waals surface area contributed by atoms with Crippen molar-refractivity contribution in [3.05, 3.63) is 42.2 Å². The molecule has 0 saturated heterocycles. The lowest BCUT2D eigenvalue weighted by molar-refractivity contribution is 0.271. The smallest absolute Gasteiger partial charge is 0.121 e. The molecule has 0 aliphatic heterocycles. The molecule has 0 radical (unpaired) electrons. The van der Waals surface area contributed by atoms with Crippen molar-refractivity contribution in [3.8, 4) is 5.75 Å². The van der Waals surface area contributed by atoms with Crippen LogP contribution >= 0.6 is 0 Å². The second-order valence-corrected chi connectivity index (χ2v) is 5.55. The molecular formula is C16H23N3O. The summed E-state index contributed by atoms with van der Waals surface area (Å²) in [6.07, 6.45) is 3.91. The van der Waals surface area contributed by atoms with Gasteiger partial charge in [-0.25, -0.2) is 0 Å². The molecular weight excluding hydrogens is 250 g/mol. The van der Waals surface area contributed by atoms with Gasteiger partial charge in [0, 0.05) is 30.6 Å². The van der Waals surface area contributed by atoms with E-state index < -0.39 is 0 Å². The van der Waals surface area contributed by atoms with E-state index in [1.807, 2.05) is 42.3 Å². The van der Waals surface area contributed by atoms with E-state index in [2.05, 4.69) is 37.3 Å². The zero-order valence-corrected chi connectivity index (χ0v) is 12.6. The molecule has 2 aromatic rings. The van der Waals surface area contributed by atoms with E-state index in [9.17, 15) is 0 Å². The molecule has 0 amide bonds. The fourth-order valence-corrected chi connectivity index (χ4v) is 1.94. The summed E-state index contributed by atoms with van der Waals surface area (Å²) in [5.41, 5.74) is 2.23. The fourth-order valence-electron chi connectivity index (χ4n) is 1.94. The maximum atomic E-state index is 5.74.